The average Bonchev–Trinajstić information content (AvgIpc) is 2.48. The Morgan fingerprint density at radius 1 is 1.29 bits per heavy atom. The van der Waals surface area contributed by atoms with Crippen LogP contribution in [0.15, 0.2) is 29.2 Å². The van der Waals surface area contributed by atoms with Crippen molar-refractivity contribution in [3.8, 4) is 0 Å². The minimum absolute atomic E-state index is 0.0379. The van der Waals surface area contributed by atoms with Gasteiger partial charge in [0.2, 0.25) is 0 Å². The van der Waals surface area contributed by atoms with Crippen molar-refractivity contribution in [2.24, 2.45) is 0 Å². The number of hydrogen-bond acceptors (Lipinski definition) is 5. The monoisotopic (exact) mass is 313 g/mol. The summed E-state index contributed by atoms with van der Waals surface area (Å²) in [6.45, 7) is 2.37. The Morgan fingerprint density at radius 3 is 2.33 bits per heavy atom. The molecule has 7 heteroatoms. The van der Waals surface area contributed by atoms with Gasteiger partial charge < -0.3 is 15.2 Å². The third kappa shape index (κ3) is 3.36. The molecule has 2 rings (SSSR count). The maximum Gasteiger partial charge on any atom is 0.329 e. The molecule has 1 heterocycles. The Hall–Kier alpha value is -1.60. The van der Waals surface area contributed by atoms with E-state index in [1.807, 2.05) is 0 Å². The fourth-order valence-electron chi connectivity index (χ4n) is 2.30. The van der Waals surface area contributed by atoms with Crippen molar-refractivity contribution in [3.63, 3.8) is 0 Å². The van der Waals surface area contributed by atoms with E-state index in [0.29, 0.717) is 31.7 Å². The van der Waals surface area contributed by atoms with Gasteiger partial charge in [0.25, 0.3) is 0 Å². The molecule has 1 aliphatic heterocycles. The van der Waals surface area contributed by atoms with Gasteiger partial charge in [0, 0.05) is 31.7 Å². The van der Waals surface area contributed by atoms with E-state index in [1.165, 1.54) is 12.1 Å². The van der Waals surface area contributed by atoms with E-state index in [-0.39, 0.29) is 10.6 Å². The molecule has 1 aliphatic rings. The Labute approximate surface area is 124 Å². The van der Waals surface area contributed by atoms with Crippen LogP contribution in [0.5, 0.6) is 0 Å². The lowest BCUT2D eigenvalue weighted by Crippen LogP contribution is -2.50. The number of aliphatic carboxylic acids is 1. The predicted molar refractivity (Wildman–Crippen MR) is 78.2 cm³/mol. The first-order valence-corrected chi connectivity index (χ1v) is 8.47. The van der Waals surface area contributed by atoms with Crippen molar-refractivity contribution in [1.82, 2.24) is 0 Å². The molecule has 0 saturated carbocycles. The number of ether oxygens (including phenoxy) is 1. The van der Waals surface area contributed by atoms with Gasteiger partial charge in [-0.05, 0) is 24.3 Å². The van der Waals surface area contributed by atoms with E-state index < -0.39 is 21.3 Å². The summed E-state index contributed by atoms with van der Waals surface area (Å²) < 4.78 is 28.7. The van der Waals surface area contributed by atoms with Crippen molar-refractivity contribution >= 4 is 21.5 Å². The Morgan fingerprint density at radius 2 is 1.86 bits per heavy atom. The zero-order chi connectivity index (χ0) is 15.5. The molecule has 0 bridgehead atoms. The van der Waals surface area contributed by atoms with Gasteiger partial charge in [-0.3, -0.25) is 0 Å². The summed E-state index contributed by atoms with van der Waals surface area (Å²) in [5, 5.41) is 12.5. The minimum Gasteiger partial charge on any atom is -0.480 e. The van der Waals surface area contributed by atoms with E-state index in [4.69, 9.17) is 4.74 Å². The van der Waals surface area contributed by atoms with Gasteiger partial charge >= 0.3 is 5.97 Å². The highest BCUT2D eigenvalue weighted by molar-refractivity contribution is 7.91. The van der Waals surface area contributed by atoms with Crippen molar-refractivity contribution < 1.29 is 23.1 Å². The number of nitrogens with one attached hydrogen (secondary N) is 1. The van der Waals surface area contributed by atoms with E-state index in [1.54, 1.807) is 19.1 Å². The smallest absolute Gasteiger partial charge is 0.329 e. The fourth-order valence-corrected chi connectivity index (χ4v) is 3.18. The number of carbonyl (C=O) groups is 1. The molecule has 6 nitrogen and oxygen atoms in total. The third-order valence-corrected chi connectivity index (χ3v) is 5.48. The SMILES string of the molecule is CCS(=O)(=O)c1ccc(NC2(C(=O)O)CCOCC2)cc1. The number of benzene rings is 1. The number of carboxylic acids is 1. The second-order valence-electron chi connectivity index (χ2n) is 5.05. The zero-order valence-electron chi connectivity index (χ0n) is 11.8. The van der Waals surface area contributed by atoms with Crippen LogP contribution in [0.2, 0.25) is 0 Å². The third-order valence-electron chi connectivity index (χ3n) is 3.73. The van der Waals surface area contributed by atoms with Gasteiger partial charge in [0.1, 0.15) is 5.54 Å². The minimum atomic E-state index is -3.24. The summed E-state index contributed by atoms with van der Waals surface area (Å²) in [6.07, 6.45) is 0.745. The summed E-state index contributed by atoms with van der Waals surface area (Å²) in [4.78, 5) is 11.8. The summed E-state index contributed by atoms with van der Waals surface area (Å²) >= 11 is 0. The van der Waals surface area contributed by atoms with Gasteiger partial charge in [-0.25, -0.2) is 13.2 Å². The van der Waals surface area contributed by atoms with E-state index in [0.717, 1.165) is 0 Å². The highest BCUT2D eigenvalue weighted by Crippen LogP contribution is 2.27. The summed E-state index contributed by atoms with van der Waals surface area (Å²) in [7, 11) is -3.24. The topological polar surface area (TPSA) is 92.7 Å². The molecule has 0 aromatic heterocycles. The molecule has 21 heavy (non-hydrogen) atoms. The van der Waals surface area contributed by atoms with Crippen molar-refractivity contribution in [1.29, 1.82) is 0 Å². The first kappa shape index (κ1) is 15.8. The molecule has 2 N–H and O–H groups in total. The highest BCUT2D eigenvalue weighted by Gasteiger charge is 2.40. The maximum absolute atomic E-state index is 11.7. The Balaban J connectivity index is 2.21. The van der Waals surface area contributed by atoms with Crippen LogP contribution in [0, 0.1) is 0 Å². The number of carboxylic acid groups (broad SMARTS) is 1. The summed E-state index contributed by atoms with van der Waals surface area (Å²) in [5.74, 6) is -0.882. The van der Waals surface area contributed by atoms with Crippen molar-refractivity contribution in [2.75, 3.05) is 24.3 Å². The van der Waals surface area contributed by atoms with Crippen LogP contribution in [-0.2, 0) is 19.4 Å². The van der Waals surface area contributed by atoms with Crippen LogP contribution in [0.4, 0.5) is 5.69 Å². The van der Waals surface area contributed by atoms with E-state index in [9.17, 15) is 18.3 Å². The largest absolute Gasteiger partial charge is 0.480 e. The van der Waals surface area contributed by atoms with Crippen molar-refractivity contribution in [3.05, 3.63) is 24.3 Å². The number of rotatable bonds is 5. The number of anilines is 1. The average molecular weight is 313 g/mol. The van der Waals surface area contributed by atoms with Gasteiger partial charge in [0.15, 0.2) is 9.84 Å². The van der Waals surface area contributed by atoms with Gasteiger partial charge in [-0.1, -0.05) is 6.92 Å². The molecule has 0 radical (unpaired) electrons. The molecular weight excluding hydrogens is 294 g/mol. The Bertz CT molecular complexity index is 603. The molecule has 0 spiro atoms. The second-order valence-corrected chi connectivity index (χ2v) is 7.33. The number of hydrogen-bond donors (Lipinski definition) is 2. The van der Waals surface area contributed by atoms with Gasteiger partial charge in [-0.2, -0.15) is 0 Å². The summed E-state index contributed by atoms with van der Waals surface area (Å²) in [5.41, 5.74) is -0.460. The van der Waals surface area contributed by atoms with Crippen LogP contribution in [0.25, 0.3) is 0 Å². The molecule has 0 atom stereocenters. The van der Waals surface area contributed by atoms with Crippen LogP contribution in [0.3, 0.4) is 0 Å². The predicted octanol–water partition coefficient (Wildman–Crippen LogP) is 1.53. The Kier molecular flexibility index (Phi) is 4.53. The van der Waals surface area contributed by atoms with Gasteiger partial charge in [0.05, 0.1) is 10.6 Å². The lowest BCUT2D eigenvalue weighted by molar-refractivity contribution is -0.145. The lowest BCUT2D eigenvalue weighted by atomic mass is 9.90. The molecular formula is C14H19NO5S. The molecule has 1 saturated heterocycles. The van der Waals surface area contributed by atoms with Crippen molar-refractivity contribution in [2.45, 2.75) is 30.2 Å². The highest BCUT2D eigenvalue weighted by atomic mass is 32.2. The standard InChI is InChI=1S/C14H19NO5S/c1-2-21(18,19)12-5-3-11(4-6-12)15-14(13(16)17)7-9-20-10-8-14/h3-6,15H,2,7-10H2,1H3,(H,16,17). The first-order valence-electron chi connectivity index (χ1n) is 6.82. The molecule has 1 aromatic rings. The normalized spacial score (nSPS) is 18.1. The zero-order valence-corrected chi connectivity index (χ0v) is 12.6. The second kappa shape index (κ2) is 6.03. The maximum atomic E-state index is 11.7. The molecule has 0 unspecified atom stereocenters. The van der Waals surface area contributed by atoms with Crippen LogP contribution >= 0.6 is 0 Å². The van der Waals surface area contributed by atoms with E-state index in [2.05, 4.69) is 5.32 Å². The molecule has 1 aromatic carbocycles. The van der Waals surface area contributed by atoms with Crippen LogP contribution < -0.4 is 5.32 Å². The van der Waals surface area contributed by atoms with Crippen LogP contribution in [-0.4, -0.2) is 44.0 Å². The van der Waals surface area contributed by atoms with Crippen LogP contribution in [0.1, 0.15) is 19.8 Å². The quantitative estimate of drug-likeness (QED) is 0.856. The molecule has 0 aliphatic carbocycles. The lowest BCUT2D eigenvalue weighted by Gasteiger charge is -2.34. The summed E-state index contributed by atoms with van der Waals surface area (Å²) in [6, 6.07) is 6.19. The molecule has 1 fully saturated rings. The molecule has 116 valence electrons. The molecule has 0 amide bonds. The number of sulfone groups is 1. The van der Waals surface area contributed by atoms with E-state index >= 15 is 0 Å². The van der Waals surface area contributed by atoms with Gasteiger partial charge in [-0.15, -0.1) is 0 Å². The first-order chi connectivity index (χ1) is 9.89. The fraction of sp³-hybridized carbons (Fsp3) is 0.500.